The average Bonchev–Trinajstić information content (AvgIpc) is 2.96. The van der Waals surface area contributed by atoms with Crippen molar-refractivity contribution in [3.05, 3.63) is 23.7 Å². The number of aromatic nitrogens is 5. The lowest BCUT2D eigenvalue weighted by Gasteiger charge is -2.29. The molecule has 0 saturated carbocycles. The van der Waals surface area contributed by atoms with E-state index in [2.05, 4.69) is 20.1 Å². The quantitative estimate of drug-likeness (QED) is 0.835. The Morgan fingerprint density at radius 2 is 1.84 bits per heavy atom. The Hall–Kier alpha value is -2.58. The maximum Gasteiger partial charge on any atom is 0.293 e. The molecule has 0 atom stereocenters. The summed E-state index contributed by atoms with van der Waals surface area (Å²) >= 11 is 0. The molecule has 8 nitrogen and oxygen atoms in total. The molecule has 2 aromatic rings. The molecule has 2 saturated heterocycles. The largest absolute Gasteiger partial charge is 0.341 e. The van der Waals surface area contributed by atoms with E-state index < -0.39 is 5.82 Å². The molecular formula is C16H20FN7O. The zero-order valence-electron chi connectivity index (χ0n) is 14.2. The van der Waals surface area contributed by atoms with Crippen LogP contribution in [0.15, 0.2) is 6.20 Å². The van der Waals surface area contributed by atoms with Crippen molar-refractivity contribution in [1.82, 2.24) is 29.6 Å². The molecule has 2 aromatic heterocycles. The van der Waals surface area contributed by atoms with Crippen LogP contribution < -0.4 is 4.90 Å². The third-order valence-corrected chi connectivity index (χ3v) is 4.66. The first kappa shape index (κ1) is 15.9. The van der Waals surface area contributed by atoms with E-state index >= 15 is 0 Å². The van der Waals surface area contributed by atoms with Crippen LogP contribution in [-0.2, 0) is 0 Å². The fraction of sp³-hybridized carbons (Fsp3) is 0.562. The molecule has 0 spiro atoms. The van der Waals surface area contributed by atoms with Gasteiger partial charge in [0.2, 0.25) is 11.8 Å². The van der Waals surface area contributed by atoms with Gasteiger partial charge in [-0.1, -0.05) is 0 Å². The number of hydrogen-bond donors (Lipinski definition) is 0. The molecule has 0 radical (unpaired) electrons. The lowest BCUT2D eigenvalue weighted by Crippen LogP contribution is -2.42. The van der Waals surface area contributed by atoms with Crippen molar-refractivity contribution < 1.29 is 9.18 Å². The molecule has 1 amide bonds. The van der Waals surface area contributed by atoms with Crippen LogP contribution in [0.4, 0.5) is 10.3 Å². The highest BCUT2D eigenvalue weighted by atomic mass is 19.1. The van der Waals surface area contributed by atoms with E-state index in [1.807, 2.05) is 4.90 Å². The van der Waals surface area contributed by atoms with Gasteiger partial charge < -0.3 is 9.80 Å². The normalized spacial score (nSPS) is 17.5. The maximum atomic E-state index is 14.3. The lowest BCUT2D eigenvalue weighted by molar-refractivity contribution is 0.0639. The van der Waals surface area contributed by atoms with E-state index in [0.29, 0.717) is 24.9 Å². The van der Waals surface area contributed by atoms with Crippen LogP contribution in [-0.4, -0.2) is 61.7 Å². The van der Waals surface area contributed by atoms with Crippen molar-refractivity contribution >= 4 is 11.9 Å². The van der Waals surface area contributed by atoms with Crippen LogP contribution in [0.5, 0.6) is 0 Å². The molecule has 0 bridgehead atoms. The van der Waals surface area contributed by atoms with E-state index in [1.54, 1.807) is 11.8 Å². The van der Waals surface area contributed by atoms with Gasteiger partial charge in [-0.25, -0.2) is 14.4 Å². The van der Waals surface area contributed by atoms with Gasteiger partial charge in [0.25, 0.3) is 5.91 Å². The summed E-state index contributed by atoms with van der Waals surface area (Å²) in [6.07, 6.45) is 5.49. The molecule has 4 heterocycles. The number of likely N-dealkylation sites (tertiary alicyclic amines) is 1. The van der Waals surface area contributed by atoms with Gasteiger partial charge in [0.1, 0.15) is 5.82 Å². The molecule has 25 heavy (non-hydrogen) atoms. The molecule has 9 heteroatoms. The first-order valence-corrected chi connectivity index (χ1v) is 8.64. The van der Waals surface area contributed by atoms with Crippen molar-refractivity contribution in [2.75, 3.05) is 31.1 Å². The highest BCUT2D eigenvalue weighted by Crippen LogP contribution is 2.19. The fourth-order valence-corrected chi connectivity index (χ4v) is 3.09. The highest BCUT2D eigenvalue weighted by Gasteiger charge is 2.27. The van der Waals surface area contributed by atoms with Crippen LogP contribution >= 0.6 is 0 Å². The van der Waals surface area contributed by atoms with E-state index in [1.165, 1.54) is 11.1 Å². The summed E-state index contributed by atoms with van der Waals surface area (Å²) in [6, 6.07) is 0. The third-order valence-electron chi connectivity index (χ3n) is 4.66. The topological polar surface area (TPSA) is 80.0 Å². The molecule has 0 aromatic carbocycles. The summed E-state index contributed by atoms with van der Waals surface area (Å²) in [6.45, 7) is 4.84. The Morgan fingerprint density at radius 1 is 1.08 bits per heavy atom. The number of rotatable bonds is 3. The van der Waals surface area contributed by atoms with Gasteiger partial charge in [-0.2, -0.15) is 9.67 Å². The van der Waals surface area contributed by atoms with Crippen molar-refractivity contribution in [3.8, 4) is 5.82 Å². The van der Waals surface area contributed by atoms with Gasteiger partial charge in [-0.15, -0.1) is 5.10 Å². The summed E-state index contributed by atoms with van der Waals surface area (Å²) < 4.78 is 15.6. The summed E-state index contributed by atoms with van der Waals surface area (Å²) in [5, 5.41) is 4.20. The van der Waals surface area contributed by atoms with Crippen molar-refractivity contribution in [3.63, 3.8) is 0 Å². The Morgan fingerprint density at radius 3 is 2.52 bits per heavy atom. The lowest BCUT2D eigenvalue weighted by atomic mass is 10.1. The SMILES string of the molecule is Cc1nc(C(=O)N2CCC2)nn1-c1nc(N2CCCCC2)ncc1F. The molecule has 2 aliphatic heterocycles. The first-order chi connectivity index (χ1) is 12.1. The van der Waals surface area contributed by atoms with Gasteiger partial charge in [0.15, 0.2) is 11.6 Å². The van der Waals surface area contributed by atoms with E-state index in [9.17, 15) is 9.18 Å². The van der Waals surface area contributed by atoms with Gasteiger partial charge in [-0.3, -0.25) is 4.79 Å². The number of halogens is 1. The monoisotopic (exact) mass is 345 g/mol. The van der Waals surface area contributed by atoms with Crippen LogP contribution in [0.3, 0.4) is 0 Å². The molecule has 4 rings (SSSR count). The van der Waals surface area contributed by atoms with Crippen LogP contribution in [0.25, 0.3) is 5.82 Å². The first-order valence-electron chi connectivity index (χ1n) is 8.64. The smallest absolute Gasteiger partial charge is 0.293 e. The minimum atomic E-state index is -0.586. The second-order valence-corrected chi connectivity index (χ2v) is 6.43. The summed E-state index contributed by atoms with van der Waals surface area (Å²) in [4.78, 5) is 28.7. The molecule has 2 fully saturated rings. The van der Waals surface area contributed by atoms with Crippen LogP contribution in [0, 0.1) is 12.7 Å². The second kappa shape index (κ2) is 6.38. The number of amides is 1. The predicted octanol–water partition coefficient (Wildman–Crippen LogP) is 1.34. The average molecular weight is 345 g/mol. The van der Waals surface area contributed by atoms with Gasteiger partial charge in [0.05, 0.1) is 6.20 Å². The Labute approximate surface area is 144 Å². The summed E-state index contributed by atoms with van der Waals surface area (Å²) in [5.74, 6) is 0.209. The highest BCUT2D eigenvalue weighted by molar-refractivity contribution is 5.90. The van der Waals surface area contributed by atoms with E-state index in [0.717, 1.165) is 38.5 Å². The third kappa shape index (κ3) is 2.94. The molecule has 2 aliphatic rings. The van der Waals surface area contributed by atoms with Crippen LogP contribution in [0.2, 0.25) is 0 Å². The van der Waals surface area contributed by atoms with Gasteiger partial charge in [0, 0.05) is 26.2 Å². The van der Waals surface area contributed by atoms with Crippen LogP contribution in [0.1, 0.15) is 42.1 Å². The zero-order chi connectivity index (χ0) is 17.4. The van der Waals surface area contributed by atoms with Gasteiger partial charge >= 0.3 is 0 Å². The molecule has 132 valence electrons. The molecule has 0 aliphatic carbocycles. The minimum Gasteiger partial charge on any atom is -0.341 e. The zero-order valence-corrected chi connectivity index (χ0v) is 14.2. The minimum absolute atomic E-state index is 0.0308. The van der Waals surface area contributed by atoms with Gasteiger partial charge in [-0.05, 0) is 32.6 Å². The number of carbonyl (C=O) groups is 1. The Balaban J connectivity index is 1.66. The summed E-state index contributed by atoms with van der Waals surface area (Å²) in [5.41, 5.74) is 0. The van der Waals surface area contributed by atoms with Crippen molar-refractivity contribution in [2.45, 2.75) is 32.6 Å². The Kier molecular flexibility index (Phi) is 4.06. The number of carbonyl (C=O) groups excluding carboxylic acids is 1. The number of hydrogen-bond acceptors (Lipinski definition) is 6. The molecular weight excluding hydrogens is 325 g/mol. The predicted molar refractivity (Wildman–Crippen MR) is 88.2 cm³/mol. The number of anilines is 1. The molecule has 0 unspecified atom stereocenters. The fourth-order valence-electron chi connectivity index (χ4n) is 3.09. The maximum absolute atomic E-state index is 14.3. The Bertz CT molecular complexity index is 796. The molecule has 0 N–H and O–H groups in total. The standard InChI is InChI=1S/C16H20FN7O/c1-11-19-13(15(25)22-8-5-9-22)21-24(11)14-12(17)10-18-16(20-14)23-6-3-2-4-7-23/h10H,2-9H2,1H3. The number of aryl methyl sites for hydroxylation is 1. The van der Waals surface area contributed by atoms with Crippen molar-refractivity contribution in [2.24, 2.45) is 0 Å². The second-order valence-electron chi connectivity index (χ2n) is 6.43. The van der Waals surface area contributed by atoms with E-state index in [-0.39, 0.29) is 17.5 Å². The van der Waals surface area contributed by atoms with Crippen molar-refractivity contribution in [1.29, 1.82) is 0 Å². The number of nitrogens with zero attached hydrogens (tertiary/aromatic N) is 7. The number of piperidine rings is 1. The van der Waals surface area contributed by atoms with E-state index in [4.69, 9.17) is 0 Å². The summed E-state index contributed by atoms with van der Waals surface area (Å²) in [7, 11) is 0.